The highest BCUT2D eigenvalue weighted by molar-refractivity contribution is 6.04. The molecule has 0 saturated carbocycles. The van der Waals surface area contributed by atoms with Crippen LogP contribution in [0.3, 0.4) is 0 Å². The number of nitrogens with zero attached hydrogens (tertiary/aromatic N) is 2. The quantitative estimate of drug-likeness (QED) is 0.792. The number of halogens is 3. The van der Waals surface area contributed by atoms with E-state index in [1.165, 1.54) is 18.0 Å². The Morgan fingerprint density at radius 3 is 2.57 bits per heavy atom. The lowest BCUT2D eigenvalue weighted by Gasteiger charge is -2.18. The summed E-state index contributed by atoms with van der Waals surface area (Å²) in [6.07, 6.45) is 0.782. The van der Waals surface area contributed by atoms with Gasteiger partial charge < -0.3 is 4.90 Å². The van der Waals surface area contributed by atoms with Gasteiger partial charge in [-0.15, -0.1) is 6.42 Å². The number of anilines is 1. The van der Waals surface area contributed by atoms with E-state index >= 15 is 0 Å². The molecule has 0 atom stereocenters. The summed E-state index contributed by atoms with van der Waals surface area (Å²) in [6, 6.07) is 8.25. The fourth-order valence-corrected chi connectivity index (χ4v) is 1.97. The molecule has 3 nitrogen and oxygen atoms in total. The zero-order valence-corrected chi connectivity index (χ0v) is 12.5. The summed E-state index contributed by atoms with van der Waals surface area (Å²) >= 11 is 0. The fourth-order valence-electron chi connectivity index (χ4n) is 1.97. The Labute approximate surface area is 131 Å². The lowest BCUT2D eigenvalue weighted by molar-refractivity contribution is -0.141. The topological polar surface area (TPSA) is 33.2 Å². The van der Waals surface area contributed by atoms with E-state index in [4.69, 9.17) is 6.42 Å². The van der Waals surface area contributed by atoms with Crippen LogP contribution in [0.5, 0.6) is 0 Å². The van der Waals surface area contributed by atoms with Gasteiger partial charge in [-0.3, -0.25) is 4.79 Å². The second-order valence-electron chi connectivity index (χ2n) is 4.91. The van der Waals surface area contributed by atoms with Crippen molar-refractivity contribution >= 4 is 11.6 Å². The summed E-state index contributed by atoms with van der Waals surface area (Å²) in [5.41, 5.74) is 0.566. The second-order valence-corrected chi connectivity index (χ2v) is 4.91. The van der Waals surface area contributed by atoms with Crippen LogP contribution in [0.15, 0.2) is 36.4 Å². The average Bonchev–Trinajstić information content (AvgIpc) is 2.53. The molecule has 0 radical (unpaired) electrons. The molecule has 2 rings (SSSR count). The molecule has 0 fully saturated rings. The first-order chi connectivity index (χ1) is 10.7. The molecule has 0 saturated heterocycles. The van der Waals surface area contributed by atoms with Gasteiger partial charge in [0.05, 0.1) is 0 Å². The minimum atomic E-state index is -4.60. The standard InChI is InChI=1S/C17H13F3N2O/c1-4-12-10-13(9-8-11(12)2)22(3)16(23)14-6-5-7-15(21-14)17(18,19)20/h1,5-10H,2-3H3. The first-order valence-electron chi connectivity index (χ1n) is 6.63. The van der Waals surface area contributed by atoms with E-state index in [2.05, 4.69) is 10.9 Å². The number of alkyl halides is 3. The van der Waals surface area contributed by atoms with Crippen LogP contribution in [0.25, 0.3) is 0 Å². The molecule has 1 amide bonds. The smallest absolute Gasteiger partial charge is 0.310 e. The second kappa shape index (κ2) is 6.13. The first-order valence-corrected chi connectivity index (χ1v) is 6.63. The number of amides is 1. The van der Waals surface area contributed by atoms with E-state index in [9.17, 15) is 18.0 Å². The molecule has 0 unspecified atom stereocenters. The van der Waals surface area contributed by atoms with Gasteiger partial charge in [-0.05, 0) is 36.8 Å². The highest BCUT2D eigenvalue weighted by atomic mass is 19.4. The summed E-state index contributed by atoms with van der Waals surface area (Å²) in [5.74, 6) is 1.85. The Kier molecular flexibility index (Phi) is 4.41. The van der Waals surface area contributed by atoms with Gasteiger partial charge in [0.15, 0.2) is 0 Å². The molecular weight excluding hydrogens is 305 g/mol. The third kappa shape index (κ3) is 3.51. The van der Waals surface area contributed by atoms with Gasteiger partial charge in [-0.2, -0.15) is 13.2 Å². The van der Waals surface area contributed by atoms with Crippen molar-refractivity contribution in [3.8, 4) is 12.3 Å². The number of hydrogen-bond donors (Lipinski definition) is 0. The zero-order valence-electron chi connectivity index (χ0n) is 12.5. The van der Waals surface area contributed by atoms with E-state index in [1.807, 2.05) is 6.92 Å². The molecule has 0 bridgehead atoms. The minimum Gasteiger partial charge on any atom is -0.310 e. The average molecular weight is 318 g/mol. The van der Waals surface area contributed by atoms with E-state index in [0.29, 0.717) is 11.3 Å². The lowest BCUT2D eigenvalue weighted by Crippen LogP contribution is -2.28. The molecule has 1 aromatic carbocycles. The van der Waals surface area contributed by atoms with Gasteiger partial charge >= 0.3 is 6.18 Å². The lowest BCUT2D eigenvalue weighted by atomic mass is 10.1. The van der Waals surface area contributed by atoms with Crippen LogP contribution in [-0.4, -0.2) is 17.9 Å². The van der Waals surface area contributed by atoms with Gasteiger partial charge in [0, 0.05) is 18.3 Å². The van der Waals surface area contributed by atoms with Crippen molar-refractivity contribution in [3.63, 3.8) is 0 Å². The largest absolute Gasteiger partial charge is 0.433 e. The van der Waals surface area contributed by atoms with Crippen molar-refractivity contribution in [2.24, 2.45) is 0 Å². The first kappa shape index (κ1) is 16.6. The third-order valence-electron chi connectivity index (χ3n) is 3.33. The minimum absolute atomic E-state index is 0.287. The van der Waals surface area contributed by atoms with E-state index < -0.39 is 17.8 Å². The van der Waals surface area contributed by atoms with E-state index in [0.717, 1.165) is 17.7 Å². The van der Waals surface area contributed by atoms with Gasteiger partial charge in [0.1, 0.15) is 11.4 Å². The Hall–Kier alpha value is -2.81. The van der Waals surface area contributed by atoms with E-state index in [1.54, 1.807) is 18.2 Å². The predicted molar refractivity (Wildman–Crippen MR) is 81.1 cm³/mol. The molecule has 2 aromatic rings. The Morgan fingerprint density at radius 1 is 1.26 bits per heavy atom. The molecule has 0 spiro atoms. The number of rotatable bonds is 2. The van der Waals surface area contributed by atoms with Crippen molar-refractivity contribution in [2.45, 2.75) is 13.1 Å². The number of carbonyl (C=O) groups is 1. The van der Waals surface area contributed by atoms with Crippen LogP contribution in [0.4, 0.5) is 18.9 Å². The molecule has 23 heavy (non-hydrogen) atoms. The number of benzene rings is 1. The van der Waals surface area contributed by atoms with Gasteiger partial charge in [0.2, 0.25) is 0 Å². The van der Waals surface area contributed by atoms with Crippen molar-refractivity contribution < 1.29 is 18.0 Å². The van der Waals surface area contributed by atoms with Crippen LogP contribution in [0.2, 0.25) is 0 Å². The predicted octanol–water partition coefficient (Wildman–Crippen LogP) is 3.67. The number of carbonyl (C=O) groups excluding carboxylic acids is 1. The number of aryl methyl sites for hydroxylation is 1. The summed E-state index contributed by atoms with van der Waals surface area (Å²) in [7, 11) is 1.45. The maximum absolute atomic E-state index is 12.7. The normalized spacial score (nSPS) is 11.0. The summed E-state index contributed by atoms with van der Waals surface area (Å²) < 4.78 is 38.1. The molecule has 0 N–H and O–H groups in total. The Morgan fingerprint density at radius 2 is 1.96 bits per heavy atom. The number of pyridine rings is 1. The van der Waals surface area contributed by atoms with Gasteiger partial charge in [-0.25, -0.2) is 4.98 Å². The van der Waals surface area contributed by atoms with Crippen molar-refractivity contribution in [3.05, 3.63) is 58.9 Å². The van der Waals surface area contributed by atoms with Crippen LogP contribution in [-0.2, 0) is 6.18 Å². The molecule has 0 aliphatic rings. The molecular formula is C17H13F3N2O. The van der Waals surface area contributed by atoms with Crippen LogP contribution < -0.4 is 4.90 Å². The molecule has 0 aliphatic carbocycles. The zero-order chi connectivity index (χ0) is 17.2. The van der Waals surface area contributed by atoms with Crippen LogP contribution in [0.1, 0.15) is 27.3 Å². The Bertz CT molecular complexity index is 791. The third-order valence-corrected chi connectivity index (χ3v) is 3.33. The summed E-state index contributed by atoms with van der Waals surface area (Å²) in [6.45, 7) is 1.83. The summed E-state index contributed by atoms with van der Waals surface area (Å²) in [4.78, 5) is 17.0. The van der Waals surface area contributed by atoms with E-state index in [-0.39, 0.29) is 5.69 Å². The maximum Gasteiger partial charge on any atom is 0.433 e. The van der Waals surface area contributed by atoms with Crippen molar-refractivity contribution in [1.82, 2.24) is 4.98 Å². The molecule has 1 aromatic heterocycles. The molecule has 1 heterocycles. The van der Waals surface area contributed by atoms with Crippen molar-refractivity contribution in [1.29, 1.82) is 0 Å². The number of aromatic nitrogens is 1. The van der Waals surface area contributed by atoms with Gasteiger partial charge in [-0.1, -0.05) is 18.1 Å². The molecule has 0 aliphatic heterocycles. The summed E-state index contributed by atoms with van der Waals surface area (Å²) in [5, 5.41) is 0. The monoisotopic (exact) mass is 318 g/mol. The SMILES string of the molecule is C#Cc1cc(N(C)C(=O)c2cccc(C(F)(F)F)n2)ccc1C. The van der Waals surface area contributed by atoms with Crippen molar-refractivity contribution in [2.75, 3.05) is 11.9 Å². The fraction of sp³-hybridized carbons (Fsp3) is 0.176. The van der Waals surface area contributed by atoms with Crippen LogP contribution in [0, 0.1) is 19.3 Å². The maximum atomic E-state index is 12.7. The highest BCUT2D eigenvalue weighted by Gasteiger charge is 2.33. The number of hydrogen-bond acceptors (Lipinski definition) is 2. The molecule has 6 heteroatoms. The van der Waals surface area contributed by atoms with Gasteiger partial charge in [0.25, 0.3) is 5.91 Å². The highest BCUT2D eigenvalue weighted by Crippen LogP contribution is 2.28. The molecule has 118 valence electrons. The van der Waals surface area contributed by atoms with Crippen LogP contribution >= 0.6 is 0 Å². The number of terminal acetylenes is 1. The Balaban J connectivity index is 2.36.